The molecule has 0 aliphatic carbocycles. The Balaban J connectivity index is 1.64. The van der Waals surface area contributed by atoms with Crippen LogP contribution < -0.4 is 21.6 Å². The molecule has 200 valence electrons. The molecule has 10 heteroatoms. The van der Waals surface area contributed by atoms with Crippen LogP contribution in [0.1, 0.15) is 10.4 Å². The van der Waals surface area contributed by atoms with Crippen LogP contribution in [-0.2, 0) is 0 Å². The van der Waals surface area contributed by atoms with E-state index in [1.165, 1.54) is 19.3 Å². The number of nitrogens with one attached hydrogen (secondary N) is 1. The van der Waals surface area contributed by atoms with Gasteiger partial charge in [-0.3, -0.25) is 19.2 Å². The second kappa shape index (κ2) is 8.59. The van der Waals surface area contributed by atoms with Gasteiger partial charge < -0.3 is 23.9 Å². The third-order valence-corrected chi connectivity index (χ3v) is 7.94. The first-order chi connectivity index (χ1) is 19.3. The van der Waals surface area contributed by atoms with Gasteiger partial charge in [-0.25, -0.2) is 4.39 Å². The molecule has 0 bridgehead atoms. The van der Waals surface area contributed by atoms with Gasteiger partial charge in [0.25, 0.3) is 5.91 Å². The Morgan fingerprint density at radius 1 is 0.875 bits per heavy atom. The highest BCUT2D eigenvalue weighted by Crippen LogP contribution is 2.34. The van der Waals surface area contributed by atoms with Crippen LogP contribution in [0.4, 0.5) is 10.1 Å². The number of pyridine rings is 1. The predicted octanol–water partition coefficient (Wildman–Crippen LogP) is 3.23. The zero-order valence-corrected chi connectivity index (χ0v) is 21.7. The highest BCUT2D eigenvalue weighted by molar-refractivity contribution is 6.08. The third kappa shape index (κ3) is 3.29. The highest BCUT2D eigenvalue weighted by atomic mass is 19.1. The van der Waals surface area contributed by atoms with Gasteiger partial charge in [-0.15, -0.1) is 0 Å². The summed E-state index contributed by atoms with van der Waals surface area (Å²) in [7, 11) is 3.49. The van der Waals surface area contributed by atoms with E-state index in [2.05, 4.69) is 10.2 Å². The standard InChI is InChI=1S/C30H23FN4O5/c1-32-24-21(31)11-19-25-29(24)40-23-13-18-17(26(36)15-5-3-4-6-16(15)27(18)37)12-22(23)35(25)14-20(28(19)38)30(39)34-9-7-33(2)8-10-34/h3-6,11-14,32H,7-10H2,1-2H3. The maximum absolute atomic E-state index is 15.3. The monoisotopic (exact) mass is 538 g/mol. The zero-order valence-electron chi connectivity index (χ0n) is 21.7. The molecule has 0 atom stereocenters. The molecule has 0 unspecified atom stereocenters. The van der Waals surface area contributed by atoms with E-state index >= 15 is 4.39 Å². The molecule has 0 spiro atoms. The number of nitrogens with zero attached hydrogens (tertiary/aromatic N) is 3. The van der Waals surface area contributed by atoms with E-state index in [0.29, 0.717) is 42.5 Å². The summed E-state index contributed by atoms with van der Waals surface area (Å²) in [4.78, 5) is 57.7. The van der Waals surface area contributed by atoms with Gasteiger partial charge in [0.2, 0.25) is 5.43 Å². The molecule has 0 radical (unpaired) electrons. The number of anilines is 1. The van der Waals surface area contributed by atoms with Crippen molar-refractivity contribution in [2.75, 3.05) is 45.6 Å². The largest absolute Gasteiger partial charge is 0.451 e. The summed E-state index contributed by atoms with van der Waals surface area (Å²) >= 11 is 0. The van der Waals surface area contributed by atoms with Crippen LogP contribution >= 0.6 is 0 Å². The Labute approximate surface area is 225 Å². The molecule has 1 aliphatic rings. The Kier molecular flexibility index (Phi) is 5.20. The Hall–Kier alpha value is -4.83. The van der Waals surface area contributed by atoms with Crippen LogP contribution in [-0.4, -0.2) is 60.4 Å². The molecule has 9 nitrogen and oxygen atoms in total. The predicted molar refractivity (Wildman–Crippen MR) is 153 cm³/mol. The molecule has 4 aromatic carbocycles. The number of halogens is 1. The van der Waals surface area contributed by atoms with E-state index in [0.717, 1.165) is 6.07 Å². The lowest BCUT2D eigenvalue weighted by Crippen LogP contribution is -2.48. The first-order valence-electron chi connectivity index (χ1n) is 12.9. The van der Waals surface area contributed by atoms with Crippen LogP contribution in [0.15, 0.2) is 67.5 Å². The summed E-state index contributed by atoms with van der Waals surface area (Å²) in [6.45, 7) is 2.24. The Morgan fingerprint density at radius 2 is 1.52 bits per heavy atom. The molecular weight excluding hydrogens is 515 g/mol. The summed E-state index contributed by atoms with van der Waals surface area (Å²) in [5.41, 5.74) is -0.485. The van der Waals surface area contributed by atoms with E-state index < -0.39 is 17.2 Å². The molecule has 7 rings (SSSR count). The number of carbonyl (C=O) groups is 1. The van der Waals surface area contributed by atoms with Gasteiger partial charge in [0.05, 0.1) is 10.9 Å². The van der Waals surface area contributed by atoms with Crippen LogP contribution in [0.2, 0.25) is 0 Å². The lowest BCUT2D eigenvalue weighted by Gasteiger charge is -2.32. The molecule has 1 N–H and O–H groups in total. The zero-order chi connectivity index (χ0) is 27.9. The van der Waals surface area contributed by atoms with Crippen molar-refractivity contribution in [1.29, 1.82) is 0 Å². The fourth-order valence-electron chi connectivity index (χ4n) is 5.77. The van der Waals surface area contributed by atoms with Crippen molar-refractivity contribution in [3.8, 4) is 0 Å². The van der Waals surface area contributed by atoms with Crippen molar-refractivity contribution in [2.45, 2.75) is 0 Å². The SMILES string of the molecule is CNc1c(F)cc2c(=O)c(C(=O)N3CCN(C)CC3)cn3c4cc5c(=O)c6ccccc6c(=O)c5cc4oc1c23. The van der Waals surface area contributed by atoms with Crippen molar-refractivity contribution >= 4 is 60.7 Å². The normalized spacial score (nSPS) is 14.7. The quantitative estimate of drug-likeness (QED) is 0.267. The van der Waals surface area contributed by atoms with Gasteiger partial charge in [0.15, 0.2) is 27.8 Å². The molecule has 6 aromatic rings. The number of hydrogen-bond acceptors (Lipinski definition) is 7. The molecule has 3 heterocycles. The molecule has 0 saturated carbocycles. The fourth-order valence-corrected chi connectivity index (χ4v) is 5.77. The molecule has 1 aliphatic heterocycles. The maximum Gasteiger partial charge on any atom is 0.259 e. The number of rotatable bonds is 2. The van der Waals surface area contributed by atoms with Crippen molar-refractivity contribution in [3.63, 3.8) is 0 Å². The molecule has 2 aromatic heterocycles. The molecule has 1 fully saturated rings. The van der Waals surface area contributed by atoms with Crippen LogP contribution in [0.25, 0.3) is 49.1 Å². The van der Waals surface area contributed by atoms with Crippen molar-refractivity contribution in [2.24, 2.45) is 0 Å². The number of amides is 1. The number of piperazine rings is 1. The van der Waals surface area contributed by atoms with Gasteiger partial charge in [-0.2, -0.15) is 0 Å². The Morgan fingerprint density at radius 3 is 2.17 bits per heavy atom. The van der Waals surface area contributed by atoms with E-state index in [1.807, 2.05) is 7.05 Å². The van der Waals surface area contributed by atoms with Gasteiger partial charge in [-0.1, -0.05) is 24.3 Å². The average Bonchev–Trinajstić information content (AvgIpc) is 2.96. The fraction of sp³-hybridized carbons (Fsp3) is 0.200. The number of aromatic nitrogens is 1. The number of benzene rings is 4. The highest BCUT2D eigenvalue weighted by Gasteiger charge is 2.27. The number of carbonyl (C=O) groups excluding carboxylic acids is 1. The van der Waals surface area contributed by atoms with Gasteiger partial charge in [0, 0.05) is 61.0 Å². The van der Waals surface area contributed by atoms with E-state index in [1.54, 1.807) is 39.6 Å². The summed E-state index contributed by atoms with van der Waals surface area (Å²) in [5, 5.41) is 3.71. The lowest BCUT2D eigenvalue weighted by molar-refractivity contribution is 0.0662. The van der Waals surface area contributed by atoms with Crippen molar-refractivity contribution in [1.82, 2.24) is 14.2 Å². The lowest BCUT2D eigenvalue weighted by atomic mass is 10.0. The third-order valence-electron chi connectivity index (χ3n) is 7.94. The summed E-state index contributed by atoms with van der Waals surface area (Å²) in [5.74, 6) is -1.17. The summed E-state index contributed by atoms with van der Waals surface area (Å²) in [6, 6.07) is 10.7. The second-order valence-corrected chi connectivity index (χ2v) is 10.2. The van der Waals surface area contributed by atoms with E-state index in [-0.39, 0.29) is 54.9 Å². The number of likely N-dealkylation sites (N-methyl/N-ethyl adjacent to an activating group) is 1. The second-order valence-electron chi connectivity index (χ2n) is 10.2. The first kappa shape index (κ1) is 24.2. The van der Waals surface area contributed by atoms with Crippen molar-refractivity contribution < 1.29 is 13.6 Å². The first-order valence-corrected chi connectivity index (χ1v) is 12.9. The smallest absolute Gasteiger partial charge is 0.259 e. The van der Waals surface area contributed by atoms with Gasteiger partial charge in [-0.05, 0) is 25.2 Å². The summed E-state index contributed by atoms with van der Waals surface area (Å²) < 4.78 is 23.0. The summed E-state index contributed by atoms with van der Waals surface area (Å²) in [6.07, 6.45) is 1.43. The maximum atomic E-state index is 15.3. The topological polar surface area (TPSA) is 104 Å². The van der Waals surface area contributed by atoms with Crippen molar-refractivity contribution in [3.05, 3.63) is 90.7 Å². The minimum absolute atomic E-state index is 0.0231. The average molecular weight is 539 g/mol. The van der Waals surface area contributed by atoms with Gasteiger partial charge in [0.1, 0.15) is 16.8 Å². The van der Waals surface area contributed by atoms with Crippen LogP contribution in [0.5, 0.6) is 0 Å². The number of hydrogen-bond donors (Lipinski definition) is 1. The molecular formula is C30H23FN4O5. The molecule has 1 saturated heterocycles. The minimum atomic E-state index is -0.723. The molecule has 40 heavy (non-hydrogen) atoms. The van der Waals surface area contributed by atoms with Crippen LogP contribution in [0, 0.1) is 5.82 Å². The van der Waals surface area contributed by atoms with E-state index in [9.17, 15) is 19.2 Å². The van der Waals surface area contributed by atoms with E-state index in [4.69, 9.17) is 4.42 Å². The minimum Gasteiger partial charge on any atom is -0.451 e. The van der Waals surface area contributed by atoms with Crippen LogP contribution in [0.3, 0.4) is 0 Å². The molecule has 1 amide bonds. The van der Waals surface area contributed by atoms with Gasteiger partial charge >= 0.3 is 0 Å². The Bertz CT molecular complexity index is 2230. The number of fused-ring (bicyclic) bond motifs is 4.